The number of benzene rings is 13. The predicted octanol–water partition coefficient (Wildman–Crippen LogP) is 27.4. The molecule has 12 heteroatoms. The molecule has 0 spiro atoms. The summed E-state index contributed by atoms with van der Waals surface area (Å²) in [5.74, 6) is 0. The maximum absolute atomic E-state index is 4.03. The number of alkyl halides is 4. The van der Waals surface area contributed by atoms with E-state index in [4.69, 9.17) is 0 Å². The fourth-order valence-corrected chi connectivity index (χ4v) is 18.2. The van der Waals surface area contributed by atoms with Gasteiger partial charge in [0.05, 0.1) is 0 Å². The average molecular weight is 1970 g/mol. The van der Waals surface area contributed by atoms with Gasteiger partial charge in [0.1, 0.15) is 0 Å². The van der Waals surface area contributed by atoms with E-state index in [0.717, 1.165) is 60.6 Å². The first-order valence-electron chi connectivity index (χ1n) is 44.5. The van der Waals surface area contributed by atoms with Gasteiger partial charge in [-0.05, 0) is 168 Å². The molecule has 0 fully saturated rings. The van der Waals surface area contributed by atoms with E-state index in [9.17, 15) is 0 Å². The normalized spacial score (nSPS) is 11.4. The van der Waals surface area contributed by atoms with Gasteiger partial charge >= 0.3 is 0 Å². The summed E-state index contributed by atoms with van der Waals surface area (Å²) in [6, 6.07) is 135. The van der Waals surface area contributed by atoms with E-state index in [1.807, 2.05) is 49.1 Å². The Morgan fingerprint density at radius 1 is 0.174 bits per heavy atom. The van der Waals surface area contributed by atoms with Crippen LogP contribution in [0.2, 0.25) is 0 Å². The molecule has 0 aliphatic carbocycles. The molecule has 0 amide bonds. The van der Waals surface area contributed by atoms with Crippen molar-refractivity contribution in [1.82, 2.24) is 9.97 Å². The molecule has 21 aromatic rings. The maximum atomic E-state index is 4.03. The predicted molar refractivity (Wildman–Crippen MR) is 554 cm³/mol. The highest BCUT2D eigenvalue weighted by atomic mass is 79.9. The molecular weight excluding hydrogens is 1870 g/mol. The maximum Gasteiger partial charge on any atom is 0.173 e. The van der Waals surface area contributed by atoms with Gasteiger partial charge in [-0.3, -0.25) is 9.97 Å². The molecule has 8 nitrogen and oxygen atoms in total. The lowest BCUT2D eigenvalue weighted by Crippen LogP contribution is -2.34. The SMILES string of the molecule is BrCc1ccc(CBr)cc1.BrCc1ccc(C[n+]2ccc(-c3ccc(-c4cc[n+](Cc5ccc(CBr)cc5)cc4)cc3)cc2)cc1.c1cc(-c2ccc(-c3ccncc3)cc2)ccn1.c1cc2ccc1C[n+]1ccc(cc1)-c1ccc(cc1)-c1cc[n+](cc1)Cc1ccc(cc1)C[n+]1ccc(cc1)-c1ccc(cc1)-c1cc[n+](cc1)C2.c1cc2ccc3cccc4ccc(c1)c2c34. The summed E-state index contributed by atoms with van der Waals surface area (Å²) in [6.07, 6.45) is 33.3. The Morgan fingerprint density at radius 2 is 0.348 bits per heavy atom. The minimum absolute atomic E-state index is 0.837. The van der Waals surface area contributed by atoms with Crippen molar-refractivity contribution < 1.29 is 27.4 Å². The molecule has 8 aromatic heterocycles. The summed E-state index contributed by atoms with van der Waals surface area (Å²) in [4.78, 5) is 8.06. The van der Waals surface area contributed by atoms with Crippen LogP contribution in [-0.2, 0) is 60.6 Å². The molecule has 16 bridgehead atoms. The summed E-state index contributed by atoms with van der Waals surface area (Å²) >= 11 is 13.8. The molecule has 43 rings (SSSR count). The summed E-state index contributed by atoms with van der Waals surface area (Å²) in [5, 5.41) is 11.8. The van der Waals surface area contributed by atoms with Gasteiger partial charge in [0.15, 0.2) is 114 Å². The summed E-state index contributed by atoms with van der Waals surface area (Å²) in [6.45, 7) is 5.09. The first-order chi connectivity index (χ1) is 65.1. The summed E-state index contributed by atoms with van der Waals surface area (Å²) < 4.78 is 13.4. The Balaban J connectivity index is 0.000000125. The van der Waals surface area contributed by atoms with Crippen LogP contribution in [0.1, 0.15) is 55.6 Å². The number of pyridine rings is 8. The van der Waals surface area contributed by atoms with E-state index in [1.54, 1.807) is 0 Å². The van der Waals surface area contributed by atoms with E-state index in [2.05, 4.69) is 527 Å². The summed E-state index contributed by atoms with van der Waals surface area (Å²) in [5.41, 5.74) is 32.4. The third-order valence-corrected chi connectivity index (χ3v) is 26.8. The van der Waals surface area contributed by atoms with Gasteiger partial charge in [-0.2, -0.15) is 0 Å². The quantitative estimate of drug-likeness (QED) is 0.0695. The smallest absolute Gasteiger partial charge is 0.173 e. The van der Waals surface area contributed by atoms with Gasteiger partial charge in [-0.15, -0.1) is 0 Å². The Morgan fingerprint density at radius 3 is 0.545 bits per heavy atom. The highest BCUT2D eigenvalue weighted by Crippen LogP contribution is 2.35. The lowest BCUT2D eigenvalue weighted by Gasteiger charge is -2.09. The van der Waals surface area contributed by atoms with Gasteiger partial charge in [0.25, 0.3) is 0 Å². The van der Waals surface area contributed by atoms with Gasteiger partial charge in [0.2, 0.25) is 0 Å². The van der Waals surface area contributed by atoms with Crippen LogP contribution in [0.15, 0.2) is 475 Å². The van der Waals surface area contributed by atoms with Gasteiger partial charge in [-0.1, -0.05) is 343 Å². The molecule has 22 aliphatic rings. The zero-order valence-corrected chi connectivity index (χ0v) is 79.5. The topological polar surface area (TPSA) is 49.1 Å². The van der Waals surface area contributed by atoms with Gasteiger partial charge in [0, 0.05) is 152 Å². The van der Waals surface area contributed by atoms with Crippen LogP contribution in [0.3, 0.4) is 0 Å². The fourth-order valence-electron chi connectivity index (χ4n) is 16.7. The van der Waals surface area contributed by atoms with Crippen LogP contribution in [0, 0.1) is 0 Å². The molecule has 22 aliphatic heterocycles. The molecule has 640 valence electrons. The highest BCUT2D eigenvalue weighted by molar-refractivity contribution is 9.09. The Hall–Kier alpha value is -14.0. The third-order valence-electron chi connectivity index (χ3n) is 24.2. The fraction of sp³-hybridized carbons (Fsp3) is 0.0833. The molecule has 0 radical (unpaired) electrons. The second-order valence-electron chi connectivity index (χ2n) is 33.2. The second kappa shape index (κ2) is 43.6. The summed E-state index contributed by atoms with van der Waals surface area (Å²) in [7, 11) is 0. The number of aromatic nitrogens is 8. The number of nitrogens with zero attached hydrogens (tertiary/aromatic N) is 8. The highest BCUT2D eigenvalue weighted by Gasteiger charge is 2.16. The first-order valence-corrected chi connectivity index (χ1v) is 49.0. The lowest BCUT2D eigenvalue weighted by atomic mass is 9.95. The van der Waals surface area contributed by atoms with E-state index in [0.29, 0.717) is 0 Å². The van der Waals surface area contributed by atoms with Crippen LogP contribution in [0.4, 0.5) is 0 Å². The first kappa shape index (κ1) is 88.7. The average Bonchev–Trinajstić information content (AvgIpc) is 0.747. The van der Waals surface area contributed by atoms with E-state index >= 15 is 0 Å². The molecule has 0 atom stereocenters. The van der Waals surface area contributed by atoms with Crippen molar-refractivity contribution in [3.05, 3.63) is 531 Å². The number of hydrogen-bond acceptors (Lipinski definition) is 2. The Bertz CT molecular complexity index is 6580. The largest absolute Gasteiger partial charge is 0.265 e. The van der Waals surface area contributed by atoms with Gasteiger partial charge in [-0.25, -0.2) is 27.4 Å². The molecule has 132 heavy (non-hydrogen) atoms. The minimum Gasteiger partial charge on any atom is -0.265 e. The van der Waals surface area contributed by atoms with Crippen molar-refractivity contribution in [1.29, 1.82) is 0 Å². The second-order valence-corrected chi connectivity index (χ2v) is 35.5. The Labute approximate surface area is 807 Å². The van der Waals surface area contributed by atoms with Crippen molar-refractivity contribution in [2.45, 2.75) is 60.6 Å². The van der Waals surface area contributed by atoms with Crippen LogP contribution in [0.25, 0.3) is 121 Å². The monoisotopic (exact) mass is 1970 g/mol. The lowest BCUT2D eigenvalue weighted by molar-refractivity contribution is -0.688. The molecule has 0 N–H and O–H groups in total. The van der Waals surface area contributed by atoms with Crippen LogP contribution >= 0.6 is 63.7 Å². The Kier molecular flexibility index (Phi) is 29.3. The van der Waals surface area contributed by atoms with Crippen LogP contribution < -0.4 is 27.4 Å². The minimum atomic E-state index is 0.837. The van der Waals surface area contributed by atoms with Gasteiger partial charge < -0.3 is 0 Å². The van der Waals surface area contributed by atoms with Crippen molar-refractivity contribution in [2.75, 3.05) is 0 Å². The van der Waals surface area contributed by atoms with E-state index in [-0.39, 0.29) is 0 Å². The van der Waals surface area contributed by atoms with Crippen molar-refractivity contribution in [3.8, 4) is 89.0 Å². The van der Waals surface area contributed by atoms with Crippen LogP contribution in [-0.4, -0.2) is 9.97 Å². The van der Waals surface area contributed by atoms with Crippen molar-refractivity contribution >= 4 is 96.0 Å². The number of hydrogen-bond donors (Lipinski definition) is 0. The molecule has 0 saturated heterocycles. The standard InChI is InChI=1S/C48H40N4.C32H28Br2N2.C16H12N2.C16H10.C8H8Br2/c1-2-38-4-3-37(1)33-49-25-17-45(18-26-49)41-9-11-43(12-10-41)47-21-29-51(30-22-47)35-39-5-7-40(8-6-39)36-52-31-23-48(24-32-52)44-15-13-42(14-16-44)46-19-27-50(34-38)28-20-46;33-21-25-1-5-27(6-2-25)23-35-17-13-31(14-18-35)29-9-11-30(12-10-29)32-15-19-36(20-16-32)24-28-7-3-26(22-34)4-8-28;1-2-14(16-7-11-18-12-8-16)4-3-13(1)15-5-9-17-10-6-15;1-3-11-7-9-13-5-2-6-14-10-8-12(4-1)15(11)16(13)14;9-5-7-1-2-8(6-10)4-3-7/h1-32H,33-36H2;1-20H,21-24H2;1-12H;1-10H;1-4H,5-6H2/q+4;+2;;;. The van der Waals surface area contributed by atoms with Crippen molar-refractivity contribution in [2.24, 2.45) is 0 Å². The zero-order chi connectivity index (χ0) is 89.6. The molecule has 0 unspecified atom stereocenters. The molecular formula is C120H98Br4N8+6. The van der Waals surface area contributed by atoms with E-state index < -0.39 is 0 Å². The number of halogens is 4. The third kappa shape index (κ3) is 23.1. The van der Waals surface area contributed by atoms with E-state index in [1.165, 1.54) is 177 Å². The van der Waals surface area contributed by atoms with Crippen molar-refractivity contribution in [3.63, 3.8) is 0 Å². The van der Waals surface area contributed by atoms with Crippen LogP contribution in [0.5, 0.6) is 0 Å². The molecule has 13 aromatic carbocycles. The number of rotatable bonds is 12. The molecule has 0 saturated carbocycles. The molecule has 30 heterocycles. The zero-order valence-electron chi connectivity index (χ0n) is 73.2.